The van der Waals surface area contributed by atoms with Crippen molar-refractivity contribution in [1.29, 1.82) is 0 Å². The Labute approximate surface area is 150 Å². The summed E-state index contributed by atoms with van der Waals surface area (Å²) in [6.45, 7) is 6.64. The van der Waals surface area contributed by atoms with E-state index in [9.17, 15) is 9.18 Å². The molecular weight excluding hydrogens is 381 g/mol. The molecule has 0 spiro atoms. The Hall–Kier alpha value is -1.34. The second kappa shape index (κ2) is 7.70. The van der Waals surface area contributed by atoms with Gasteiger partial charge < -0.3 is 14.2 Å². The summed E-state index contributed by atoms with van der Waals surface area (Å²) in [6, 6.07) is 2.76. The average molecular weight is 404 g/mol. The molecule has 5 nitrogen and oxygen atoms in total. The minimum Gasteiger partial charge on any atom is -0.496 e. The first-order valence-corrected chi connectivity index (χ1v) is 8.60. The Morgan fingerprint density at radius 3 is 2.71 bits per heavy atom. The Bertz CT molecular complexity index is 597. The maximum absolute atomic E-state index is 13.9. The van der Waals surface area contributed by atoms with E-state index < -0.39 is 17.5 Å². The van der Waals surface area contributed by atoms with Gasteiger partial charge in [0.2, 0.25) is 0 Å². The maximum Gasteiger partial charge on any atom is 0.410 e. The first-order valence-electron chi connectivity index (χ1n) is 7.81. The Morgan fingerprint density at radius 1 is 1.46 bits per heavy atom. The summed E-state index contributed by atoms with van der Waals surface area (Å²) < 4.78 is 30.4. The van der Waals surface area contributed by atoms with Crippen molar-refractivity contribution in [2.24, 2.45) is 0 Å². The molecule has 1 aromatic carbocycles. The smallest absolute Gasteiger partial charge is 0.410 e. The number of carbonyl (C=O) groups is 1. The lowest BCUT2D eigenvalue weighted by atomic mass is 10.1. The molecule has 1 aliphatic heterocycles. The molecule has 7 heteroatoms. The molecule has 0 bridgehead atoms. The van der Waals surface area contributed by atoms with Crippen molar-refractivity contribution in [3.63, 3.8) is 0 Å². The van der Waals surface area contributed by atoms with Crippen molar-refractivity contribution < 1.29 is 23.4 Å². The van der Waals surface area contributed by atoms with E-state index in [0.717, 1.165) is 0 Å². The molecule has 1 unspecified atom stereocenters. The number of hydrogen-bond acceptors (Lipinski definition) is 4. The van der Waals surface area contributed by atoms with Gasteiger partial charge in [0.15, 0.2) is 0 Å². The van der Waals surface area contributed by atoms with Gasteiger partial charge in [-0.2, -0.15) is 0 Å². The predicted octanol–water partition coefficient (Wildman–Crippen LogP) is 4.12. The largest absolute Gasteiger partial charge is 0.496 e. The fourth-order valence-electron chi connectivity index (χ4n) is 2.51. The number of nitrogens with zero attached hydrogens (tertiary/aromatic N) is 1. The molecule has 1 atom stereocenters. The number of methoxy groups -OCH3 is 1. The van der Waals surface area contributed by atoms with Gasteiger partial charge in [-0.15, -0.1) is 0 Å². The molecular formula is C17H23BrFNO4. The fraction of sp³-hybridized carbons (Fsp3) is 0.588. The minimum atomic E-state index is -0.613. The van der Waals surface area contributed by atoms with Gasteiger partial charge in [-0.25, -0.2) is 9.18 Å². The van der Waals surface area contributed by atoms with Crippen LogP contribution in [0, 0.1) is 5.82 Å². The average Bonchev–Trinajstić information content (AvgIpc) is 3.00. The van der Waals surface area contributed by atoms with E-state index in [4.69, 9.17) is 14.2 Å². The molecule has 0 aromatic heterocycles. The summed E-state index contributed by atoms with van der Waals surface area (Å²) in [4.78, 5) is 14.2. The van der Waals surface area contributed by atoms with Crippen LogP contribution in [-0.4, -0.2) is 43.0 Å². The van der Waals surface area contributed by atoms with E-state index >= 15 is 0 Å². The molecule has 1 amide bonds. The van der Waals surface area contributed by atoms with E-state index in [1.54, 1.807) is 11.0 Å². The Balaban J connectivity index is 2.32. The highest BCUT2D eigenvalue weighted by Gasteiger charge is 2.32. The summed E-state index contributed by atoms with van der Waals surface area (Å²) in [5.74, 6) is 0.105. The molecule has 1 fully saturated rings. The van der Waals surface area contributed by atoms with Crippen molar-refractivity contribution in [2.75, 3.05) is 20.3 Å². The standard InChI is InChI=1S/C17H23BrFNO4/c1-17(2,3)24-16(21)20(11-7-8-23-10-11)9-12-14(22-4)6-5-13(19)15(12)18/h5-6,11H,7-10H2,1-4H3. The molecule has 24 heavy (non-hydrogen) atoms. The first kappa shape index (κ1) is 19.0. The quantitative estimate of drug-likeness (QED) is 0.758. The Morgan fingerprint density at radius 2 is 2.17 bits per heavy atom. The normalized spacial score (nSPS) is 17.7. The lowest BCUT2D eigenvalue weighted by molar-refractivity contribution is 0.0124. The highest BCUT2D eigenvalue weighted by atomic mass is 79.9. The third kappa shape index (κ3) is 4.60. The number of rotatable bonds is 4. The molecule has 1 aromatic rings. The molecule has 0 radical (unpaired) electrons. The van der Waals surface area contributed by atoms with Gasteiger partial charge in [-0.1, -0.05) is 0 Å². The minimum absolute atomic E-state index is 0.111. The zero-order valence-electron chi connectivity index (χ0n) is 14.4. The van der Waals surface area contributed by atoms with Gasteiger partial charge in [0.25, 0.3) is 0 Å². The van der Waals surface area contributed by atoms with E-state index in [2.05, 4.69) is 15.9 Å². The summed E-state index contributed by atoms with van der Waals surface area (Å²) in [5.41, 5.74) is -0.0480. The molecule has 0 aliphatic carbocycles. The van der Waals surface area contributed by atoms with Crippen LogP contribution in [0.5, 0.6) is 5.75 Å². The summed E-state index contributed by atoms with van der Waals surface area (Å²) in [7, 11) is 1.51. The highest BCUT2D eigenvalue weighted by molar-refractivity contribution is 9.10. The van der Waals surface area contributed by atoms with Gasteiger partial charge in [0.05, 0.1) is 30.8 Å². The summed E-state index contributed by atoms with van der Waals surface area (Å²) in [6.07, 6.45) is 0.269. The number of amides is 1. The molecule has 1 heterocycles. The van der Waals surface area contributed by atoms with Crippen LogP contribution in [-0.2, 0) is 16.0 Å². The van der Waals surface area contributed by atoms with Gasteiger partial charge in [0.1, 0.15) is 17.2 Å². The van der Waals surface area contributed by atoms with Crippen LogP contribution in [0.25, 0.3) is 0 Å². The lowest BCUT2D eigenvalue weighted by Crippen LogP contribution is -2.43. The molecule has 1 aliphatic rings. The maximum atomic E-state index is 13.9. The topological polar surface area (TPSA) is 48.0 Å². The van der Waals surface area contributed by atoms with Crippen molar-refractivity contribution in [3.05, 3.63) is 28.0 Å². The SMILES string of the molecule is COc1ccc(F)c(Br)c1CN(C(=O)OC(C)(C)C)C1CCOC1. The highest BCUT2D eigenvalue weighted by Crippen LogP contribution is 2.32. The first-order chi connectivity index (χ1) is 11.2. The van der Waals surface area contributed by atoms with E-state index in [1.807, 2.05) is 20.8 Å². The second-order valence-corrected chi connectivity index (χ2v) is 7.46. The Kier molecular flexibility index (Phi) is 6.09. The summed E-state index contributed by atoms with van der Waals surface area (Å²) in [5, 5.41) is 0. The van der Waals surface area contributed by atoms with Crippen LogP contribution in [0.2, 0.25) is 0 Å². The predicted molar refractivity (Wildman–Crippen MR) is 91.7 cm³/mol. The molecule has 0 N–H and O–H groups in total. The third-order valence-electron chi connectivity index (χ3n) is 3.68. The van der Waals surface area contributed by atoms with E-state index in [-0.39, 0.29) is 17.1 Å². The van der Waals surface area contributed by atoms with Gasteiger partial charge in [-0.3, -0.25) is 4.90 Å². The number of ether oxygens (including phenoxy) is 3. The lowest BCUT2D eigenvalue weighted by Gasteiger charge is -2.31. The van der Waals surface area contributed by atoms with Crippen molar-refractivity contribution in [1.82, 2.24) is 4.90 Å². The third-order valence-corrected chi connectivity index (χ3v) is 4.53. The number of benzene rings is 1. The second-order valence-electron chi connectivity index (χ2n) is 6.67. The van der Waals surface area contributed by atoms with Gasteiger partial charge in [-0.05, 0) is 55.3 Å². The molecule has 0 saturated carbocycles. The zero-order chi connectivity index (χ0) is 17.9. The monoisotopic (exact) mass is 403 g/mol. The van der Waals surface area contributed by atoms with Crippen LogP contribution >= 0.6 is 15.9 Å². The molecule has 134 valence electrons. The number of hydrogen-bond donors (Lipinski definition) is 0. The molecule has 1 saturated heterocycles. The van der Waals surface area contributed by atoms with Gasteiger partial charge >= 0.3 is 6.09 Å². The van der Waals surface area contributed by atoms with Gasteiger partial charge in [0, 0.05) is 12.2 Å². The fourth-order valence-corrected chi connectivity index (χ4v) is 2.97. The van der Waals surface area contributed by atoms with Crippen LogP contribution in [0.1, 0.15) is 32.8 Å². The van der Waals surface area contributed by atoms with Crippen molar-refractivity contribution in [3.8, 4) is 5.75 Å². The van der Waals surface area contributed by atoms with Crippen LogP contribution in [0.3, 0.4) is 0 Å². The summed E-state index contributed by atoms with van der Waals surface area (Å²) >= 11 is 3.25. The van der Waals surface area contributed by atoms with Crippen molar-refractivity contribution in [2.45, 2.75) is 45.4 Å². The number of carbonyl (C=O) groups excluding carboxylic acids is 1. The molecule has 2 rings (SSSR count). The number of halogens is 2. The van der Waals surface area contributed by atoms with Crippen LogP contribution in [0.15, 0.2) is 16.6 Å². The van der Waals surface area contributed by atoms with E-state index in [1.165, 1.54) is 13.2 Å². The van der Waals surface area contributed by atoms with Crippen LogP contribution in [0.4, 0.5) is 9.18 Å². The van der Waals surface area contributed by atoms with Crippen LogP contribution < -0.4 is 4.74 Å². The zero-order valence-corrected chi connectivity index (χ0v) is 16.0. The van der Waals surface area contributed by atoms with E-state index in [0.29, 0.717) is 30.9 Å². The van der Waals surface area contributed by atoms with Crippen molar-refractivity contribution >= 4 is 22.0 Å².